The molecule has 5 heteroatoms. The van der Waals surface area contributed by atoms with E-state index in [-0.39, 0.29) is 11.7 Å². The van der Waals surface area contributed by atoms with Gasteiger partial charge in [-0.1, -0.05) is 12.1 Å². The Bertz CT molecular complexity index is 817. The number of nitrogens with one attached hydrogen (secondary N) is 1. The molecule has 0 fully saturated rings. The first-order chi connectivity index (χ1) is 11.2. The Hall–Kier alpha value is -2.50. The van der Waals surface area contributed by atoms with Gasteiger partial charge in [0.2, 0.25) is 0 Å². The summed E-state index contributed by atoms with van der Waals surface area (Å²) in [6, 6.07) is 14.4. The zero-order valence-corrected chi connectivity index (χ0v) is 13.7. The second kappa shape index (κ2) is 7.17. The molecule has 0 atom stereocenters. The third kappa shape index (κ3) is 4.03. The molecule has 0 saturated carbocycles. The quantitative estimate of drug-likeness (QED) is 0.527. The zero-order valence-electron chi connectivity index (χ0n) is 12.1. The number of rotatable bonds is 5. The molecule has 0 radical (unpaired) electrons. The van der Waals surface area contributed by atoms with Crippen molar-refractivity contribution in [1.29, 1.82) is 0 Å². The highest BCUT2D eigenvalue weighted by molar-refractivity contribution is 7.12. The minimum absolute atomic E-state index is 0.0606. The van der Waals surface area contributed by atoms with E-state index in [1.807, 2.05) is 29.0 Å². The van der Waals surface area contributed by atoms with Crippen LogP contribution in [0.4, 0.5) is 5.69 Å². The van der Waals surface area contributed by atoms with Gasteiger partial charge >= 0.3 is 0 Å². The molecular weight excluding hydrogens is 326 g/mol. The number of carbonyl (C=O) groups is 2. The first-order valence-corrected chi connectivity index (χ1v) is 8.69. The first kappa shape index (κ1) is 15.4. The van der Waals surface area contributed by atoms with E-state index < -0.39 is 0 Å². The van der Waals surface area contributed by atoms with Crippen LogP contribution >= 0.6 is 22.7 Å². The molecule has 3 rings (SSSR count). The summed E-state index contributed by atoms with van der Waals surface area (Å²) in [7, 11) is 0. The van der Waals surface area contributed by atoms with Crippen molar-refractivity contribution in [3.8, 4) is 0 Å². The SMILES string of the molecule is O=C(/C=C/c1cccs1)c1ccc(NC(=O)c2cccs2)cc1. The van der Waals surface area contributed by atoms with E-state index >= 15 is 0 Å². The van der Waals surface area contributed by atoms with Crippen LogP contribution in [0, 0.1) is 0 Å². The summed E-state index contributed by atoms with van der Waals surface area (Å²) in [4.78, 5) is 25.7. The standard InChI is InChI=1S/C18H13NO2S2/c20-16(10-9-15-3-1-11-22-15)13-5-7-14(8-6-13)19-18(21)17-4-2-12-23-17/h1-12H,(H,19,21)/b10-9+. The zero-order chi connectivity index (χ0) is 16.1. The Morgan fingerprint density at radius 3 is 2.30 bits per heavy atom. The predicted octanol–water partition coefficient (Wildman–Crippen LogP) is 4.96. The molecule has 0 aliphatic carbocycles. The summed E-state index contributed by atoms with van der Waals surface area (Å²) >= 11 is 2.97. The third-order valence-corrected chi connectivity index (χ3v) is 4.82. The van der Waals surface area contributed by atoms with Crippen molar-refractivity contribution in [2.75, 3.05) is 5.32 Å². The van der Waals surface area contributed by atoms with E-state index in [0.29, 0.717) is 16.1 Å². The fourth-order valence-corrected chi connectivity index (χ4v) is 3.20. The Balaban J connectivity index is 1.65. The molecule has 0 unspecified atom stereocenters. The van der Waals surface area contributed by atoms with Crippen molar-refractivity contribution in [2.24, 2.45) is 0 Å². The lowest BCUT2D eigenvalue weighted by molar-refractivity contribution is 0.102. The Kier molecular flexibility index (Phi) is 4.80. The van der Waals surface area contributed by atoms with Gasteiger partial charge in [-0.2, -0.15) is 0 Å². The van der Waals surface area contributed by atoms with Crippen molar-refractivity contribution in [2.45, 2.75) is 0 Å². The van der Waals surface area contributed by atoms with Crippen LogP contribution in [0.5, 0.6) is 0 Å². The van der Waals surface area contributed by atoms with Crippen molar-refractivity contribution >= 4 is 46.1 Å². The molecule has 3 aromatic rings. The molecule has 1 N–H and O–H groups in total. The van der Waals surface area contributed by atoms with Crippen molar-refractivity contribution < 1.29 is 9.59 Å². The number of thiophene rings is 2. The highest BCUT2D eigenvalue weighted by Gasteiger charge is 2.07. The summed E-state index contributed by atoms with van der Waals surface area (Å²) in [5.41, 5.74) is 1.26. The highest BCUT2D eigenvalue weighted by atomic mass is 32.1. The van der Waals surface area contributed by atoms with Crippen LogP contribution in [0.25, 0.3) is 6.08 Å². The lowest BCUT2D eigenvalue weighted by atomic mass is 10.1. The van der Waals surface area contributed by atoms with Gasteiger partial charge in [0.1, 0.15) is 0 Å². The fourth-order valence-electron chi connectivity index (χ4n) is 1.96. The second-order valence-electron chi connectivity index (χ2n) is 4.72. The highest BCUT2D eigenvalue weighted by Crippen LogP contribution is 2.15. The van der Waals surface area contributed by atoms with E-state index in [9.17, 15) is 9.59 Å². The van der Waals surface area contributed by atoms with Gasteiger partial charge in [0.05, 0.1) is 4.88 Å². The Labute approximate surface area is 141 Å². The van der Waals surface area contributed by atoms with Crippen molar-refractivity contribution in [1.82, 2.24) is 0 Å². The maximum Gasteiger partial charge on any atom is 0.265 e. The predicted molar refractivity (Wildman–Crippen MR) is 96.4 cm³/mol. The lowest BCUT2D eigenvalue weighted by Gasteiger charge is -2.04. The molecule has 3 nitrogen and oxygen atoms in total. The van der Waals surface area contributed by atoms with Crippen LogP contribution in [0.3, 0.4) is 0 Å². The number of amides is 1. The number of anilines is 1. The van der Waals surface area contributed by atoms with Gasteiger partial charge in [-0.15, -0.1) is 22.7 Å². The summed E-state index contributed by atoms with van der Waals surface area (Å²) < 4.78 is 0. The normalized spacial score (nSPS) is 10.8. The van der Waals surface area contributed by atoms with Crippen LogP contribution in [0.2, 0.25) is 0 Å². The van der Waals surface area contributed by atoms with Gasteiger partial charge in [0, 0.05) is 16.1 Å². The van der Waals surface area contributed by atoms with E-state index in [1.165, 1.54) is 11.3 Å². The first-order valence-electron chi connectivity index (χ1n) is 6.93. The molecule has 23 heavy (non-hydrogen) atoms. The van der Waals surface area contributed by atoms with Gasteiger partial charge in [0.25, 0.3) is 5.91 Å². The third-order valence-electron chi connectivity index (χ3n) is 3.11. The van der Waals surface area contributed by atoms with Crippen molar-refractivity contribution in [3.63, 3.8) is 0 Å². The molecule has 1 amide bonds. The Morgan fingerprint density at radius 2 is 1.65 bits per heavy atom. The number of hydrogen-bond acceptors (Lipinski definition) is 4. The van der Waals surface area contributed by atoms with Crippen molar-refractivity contribution in [3.05, 3.63) is 80.7 Å². The molecule has 0 saturated heterocycles. The number of allylic oxidation sites excluding steroid dienone is 1. The maximum absolute atomic E-state index is 12.1. The minimum atomic E-state index is -0.142. The number of carbonyl (C=O) groups excluding carboxylic acids is 2. The van der Waals surface area contributed by atoms with Gasteiger partial charge in [-0.3, -0.25) is 9.59 Å². The summed E-state index contributed by atoms with van der Waals surface area (Å²) in [6.07, 6.45) is 3.37. The maximum atomic E-state index is 12.1. The summed E-state index contributed by atoms with van der Waals surface area (Å²) in [5.74, 6) is -0.203. The van der Waals surface area contributed by atoms with Crippen LogP contribution in [-0.2, 0) is 0 Å². The molecule has 0 aliphatic rings. The van der Waals surface area contributed by atoms with E-state index in [2.05, 4.69) is 5.32 Å². The average molecular weight is 339 g/mol. The second-order valence-corrected chi connectivity index (χ2v) is 6.65. The molecule has 2 aromatic heterocycles. The van der Waals surface area contributed by atoms with Crippen LogP contribution < -0.4 is 5.32 Å². The number of ketones is 1. The molecule has 0 spiro atoms. The largest absolute Gasteiger partial charge is 0.321 e. The van der Waals surface area contributed by atoms with Crippen LogP contribution in [0.15, 0.2) is 65.4 Å². The summed E-state index contributed by atoms with van der Waals surface area (Å²) in [6.45, 7) is 0. The van der Waals surface area contributed by atoms with Gasteiger partial charge < -0.3 is 5.32 Å². The minimum Gasteiger partial charge on any atom is -0.321 e. The van der Waals surface area contributed by atoms with Crippen LogP contribution in [-0.4, -0.2) is 11.7 Å². The van der Waals surface area contributed by atoms with Gasteiger partial charge in [-0.05, 0) is 59.3 Å². The molecular formula is C18H13NO2S2. The molecule has 1 aromatic carbocycles. The fraction of sp³-hybridized carbons (Fsp3) is 0. The van der Waals surface area contributed by atoms with E-state index in [0.717, 1.165) is 4.88 Å². The Morgan fingerprint density at radius 1 is 0.913 bits per heavy atom. The molecule has 0 bridgehead atoms. The topological polar surface area (TPSA) is 46.2 Å². The van der Waals surface area contributed by atoms with Crippen LogP contribution in [0.1, 0.15) is 24.9 Å². The lowest BCUT2D eigenvalue weighted by Crippen LogP contribution is -2.10. The smallest absolute Gasteiger partial charge is 0.265 e. The molecule has 2 heterocycles. The summed E-state index contributed by atoms with van der Waals surface area (Å²) in [5, 5.41) is 6.63. The number of hydrogen-bond donors (Lipinski definition) is 1. The monoisotopic (exact) mass is 339 g/mol. The van der Waals surface area contributed by atoms with Gasteiger partial charge in [0.15, 0.2) is 5.78 Å². The number of benzene rings is 1. The van der Waals surface area contributed by atoms with E-state index in [4.69, 9.17) is 0 Å². The molecule has 114 valence electrons. The molecule has 0 aliphatic heterocycles. The van der Waals surface area contributed by atoms with Gasteiger partial charge in [-0.25, -0.2) is 0 Å². The average Bonchev–Trinajstić information content (AvgIpc) is 3.26. The van der Waals surface area contributed by atoms with E-state index in [1.54, 1.807) is 53.8 Å².